The van der Waals surface area contributed by atoms with Crippen molar-refractivity contribution in [1.82, 2.24) is 5.32 Å². The summed E-state index contributed by atoms with van der Waals surface area (Å²) in [5.41, 5.74) is 0.726. The molecule has 13 heavy (non-hydrogen) atoms. The number of hydrogen-bond acceptors (Lipinski definition) is 1. The van der Waals surface area contributed by atoms with E-state index in [2.05, 4.69) is 23.3 Å². The minimum Gasteiger partial charge on any atom is -0.334 e. The summed E-state index contributed by atoms with van der Waals surface area (Å²) in [5.74, 6) is 0. The molecule has 1 aromatic rings. The molecule has 0 aliphatic heterocycles. The molecule has 0 fully saturated rings. The lowest BCUT2D eigenvalue weighted by Gasteiger charge is -2.04. The van der Waals surface area contributed by atoms with Gasteiger partial charge in [0.05, 0.1) is 0 Å². The summed E-state index contributed by atoms with van der Waals surface area (Å²) < 4.78 is 0. The third-order valence-corrected chi connectivity index (χ3v) is 1.37. The van der Waals surface area contributed by atoms with E-state index in [1.54, 1.807) is 24.3 Å². The number of nitrogens with one attached hydrogen (secondary N) is 2. The summed E-state index contributed by atoms with van der Waals surface area (Å²) >= 11 is 0. The maximum atomic E-state index is 11.1. The first-order valence-corrected chi connectivity index (χ1v) is 3.95. The summed E-state index contributed by atoms with van der Waals surface area (Å²) in [5, 5.41) is 5.25. The number of hydrogen-bond donors (Lipinski definition) is 2. The molecule has 0 bridgehead atoms. The fourth-order valence-electron chi connectivity index (χ4n) is 0.811. The molecule has 3 nitrogen and oxygen atoms in total. The summed E-state index contributed by atoms with van der Waals surface area (Å²) in [4.78, 5) is 11.1. The number of rotatable bonds is 3. The highest BCUT2D eigenvalue weighted by atomic mass is 16.2. The summed E-state index contributed by atoms with van der Waals surface area (Å²) in [6.07, 6.45) is 1.62. The Labute approximate surface area is 77.5 Å². The number of urea groups is 1. The number of benzene rings is 1. The largest absolute Gasteiger partial charge is 0.334 e. The molecular formula is C10H11N2O. The highest BCUT2D eigenvalue weighted by molar-refractivity contribution is 5.89. The van der Waals surface area contributed by atoms with E-state index in [1.807, 2.05) is 6.07 Å². The Balaban J connectivity index is 2.41. The van der Waals surface area contributed by atoms with Crippen LogP contribution in [0.3, 0.4) is 0 Å². The number of anilines is 1. The molecule has 3 heteroatoms. The summed E-state index contributed by atoms with van der Waals surface area (Å²) in [7, 11) is 0. The lowest BCUT2D eigenvalue weighted by molar-refractivity contribution is 0.253. The molecule has 1 radical (unpaired) electrons. The van der Waals surface area contributed by atoms with Crippen LogP contribution in [0.2, 0.25) is 0 Å². The van der Waals surface area contributed by atoms with Crippen LogP contribution >= 0.6 is 0 Å². The van der Waals surface area contributed by atoms with Gasteiger partial charge in [-0.3, -0.25) is 0 Å². The monoisotopic (exact) mass is 175 g/mol. The van der Waals surface area contributed by atoms with Crippen molar-refractivity contribution < 1.29 is 4.79 Å². The Bertz CT molecular complexity index is 282. The van der Waals surface area contributed by atoms with Crippen LogP contribution < -0.4 is 10.6 Å². The van der Waals surface area contributed by atoms with Crippen LogP contribution in [-0.2, 0) is 0 Å². The van der Waals surface area contributed by atoms with Gasteiger partial charge in [-0.25, -0.2) is 4.79 Å². The van der Waals surface area contributed by atoms with E-state index in [0.717, 1.165) is 5.69 Å². The fraction of sp³-hybridized carbons (Fsp3) is 0.100. The Morgan fingerprint density at radius 3 is 3.15 bits per heavy atom. The minimum atomic E-state index is -0.237. The average Bonchev–Trinajstić information content (AvgIpc) is 2.16. The second kappa shape index (κ2) is 4.98. The van der Waals surface area contributed by atoms with Crippen molar-refractivity contribution in [2.24, 2.45) is 0 Å². The van der Waals surface area contributed by atoms with Gasteiger partial charge in [-0.1, -0.05) is 18.2 Å². The summed E-state index contributed by atoms with van der Waals surface area (Å²) in [6, 6.07) is 9.70. The SMILES string of the molecule is C=CCNC(=O)Nc1c[c]ccc1. The molecule has 0 spiro atoms. The first-order chi connectivity index (χ1) is 6.33. The van der Waals surface area contributed by atoms with Gasteiger partial charge in [-0.05, 0) is 18.2 Å². The van der Waals surface area contributed by atoms with Crippen LogP contribution in [0.4, 0.5) is 10.5 Å². The van der Waals surface area contributed by atoms with Crippen molar-refractivity contribution in [3.8, 4) is 0 Å². The molecular weight excluding hydrogens is 164 g/mol. The molecule has 0 atom stereocenters. The Morgan fingerprint density at radius 2 is 2.54 bits per heavy atom. The molecule has 0 aromatic heterocycles. The maximum Gasteiger partial charge on any atom is 0.319 e. The van der Waals surface area contributed by atoms with Gasteiger partial charge >= 0.3 is 6.03 Å². The normalized spacial score (nSPS) is 8.92. The van der Waals surface area contributed by atoms with Gasteiger partial charge in [0.15, 0.2) is 0 Å². The number of amides is 2. The zero-order chi connectivity index (χ0) is 9.52. The molecule has 1 aromatic carbocycles. The molecule has 0 aliphatic rings. The fourth-order valence-corrected chi connectivity index (χ4v) is 0.811. The lowest BCUT2D eigenvalue weighted by Crippen LogP contribution is -2.28. The third kappa shape index (κ3) is 3.42. The van der Waals surface area contributed by atoms with Crippen molar-refractivity contribution in [1.29, 1.82) is 0 Å². The van der Waals surface area contributed by atoms with Gasteiger partial charge in [0.25, 0.3) is 0 Å². The molecule has 1 rings (SSSR count). The smallest absolute Gasteiger partial charge is 0.319 e. The topological polar surface area (TPSA) is 41.1 Å². The van der Waals surface area contributed by atoms with Crippen LogP contribution in [0.15, 0.2) is 36.9 Å². The molecule has 0 heterocycles. The Hall–Kier alpha value is -1.77. The molecule has 2 amide bonds. The first kappa shape index (κ1) is 9.32. The van der Waals surface area contributed by atoms with E-state index < -0.39 is 0 Å². The van der Waals surface area contributed by atoms with Crippen molar-refractivity contribution in [2.75, 3.05) is 11.9 Å². The Morgan fingerprint density at radius 1 is 1.69 bits per heavy atom. The minimum absolute atomic E-state index is 0.237. The van der Waals surface area contributed by atoms with E-state index in [4.69, 9.17) is 0 Å². The predicted molar refractivity (Wildman–Crippen MR) is 52.5 cm³/mol. The zero-order valence-corrected chi connectivity index (χ0v) is 7.21. The second-order valence-corrected chi connectivity index (χ2v) is 2.42. The first-order valence-electron chi connectivity index (χ1n) is 3.95. The molecule has 0 saturated carbocycles. The van der Waals surface area contributed by atoms with Gasteiger partial charge in [0.2, 0.25) is 0 Å². The van der Waals surface area contributed by atoms with Crippen molar-refractivity contribution in [3.63, 3.8) is 0 Å². The van der Waals surface area contributed by atoms with Crippen molar-refractivity contribution in [3.05, 3.63) is 43.0 Å². The van der Waals surface area contributed by atoms with Crippen LogP contribution in [-0.4, -0.2) is 12.6 Å². The van der Waals surface area contributed by atoms with E-state index in [9.17, 15) is 4.79 Å². The standard InChI is InChI=1S/C10H11N2O/c1-2-8-11-10(13)12-9-6-4-3-5-7-9/h2-4,6-7H,1,8H2,(H2,11,12,13). The quantitative estimate of drug-likeness (QED) is 0.676. The van der Waals surface area contributed by atoms with E-state index >= 15 is 0 Å². The van der Waals surface area contributed by atoms with Gasteiger partial charge < -0.3 is 10.6 Å². The molecule has 0 unspecified atom stereocenters. The number of carbonyl (C=O) groups excluding carboxylic acids is 1. The second-order valence-electron chi connectivity index (χ2n) is 2.42. The lowest BCUT2D eigenvalue weighted by atomic mass is 10.3. The van der Waals surface area contributed by atoms with Crippen molar-refractivity contribution in [2.45, 2.75) is 0 Å². The van der Waals surface area contributed by atoms with E-state index in [0.29, 0.717) is 6.54 Å². The van der Waals surface area contributed by atoms with Crippen LogP contribution in [0.5, 0.6) is 0 Å². The van der Waals surface area contributed by atoms with Gasteiger partial charge in [-0.15, -0.1) is 6.58 Å². The molecule has 0 saturated heterocycles. The average molecular weight is 175 g/mol. The van der Waals surface area contributed by atoms with Crippen LogP contribution in [0.25, 0.3) is 0 Å². The zero-order valence-electron chi connectivity index (χ0n) is 7.21. The molecule has 67 valence electrons. The van der Waals surface area contributed by atoms with Crippen LogP contribution in [0.1, 0.15) is 0 Å². The summed E-state index contributed by atoms with van der Waals surface area (Å²) in [6.45, 7) is 3.95. The number of carbonyl (C=O) groups is 1. The van der Waals surface area contributed by atoms with E-state index in [1.165, 1.54) is 0 Å². The highest BCUT2D eigenvalue weighted by Gasteiger charge is 1.97. The molecule has 0 aliphatic carbocycles. The molecule has 2 N–H and O–H groups in total. The van der Waals surface area contributed by atoms with Crippen molar-refractivity contribution >= 4 is 11.7 Å². The predicted octanol–water partition coefficient (Wildman–Crippen LogP) is 1.79. The maximum absolute atomic E-state index is 11.1. The highest BCUT2D eigenvalue weighted by Crippen LogP contribution is 2.03. The van der Waals surface area contributed by atoms with E-state index in [-0.39, 0.29) is 6.03 Å². The Kier molecular flexibility index (Phi) is 3.57. The third-order valence-electron chi connectivity index (χ3n) is 1.37. The van der Waals surface area contributed by atoms with Gasteiger partial charge in [0, 0.05) is 12.2 Å². The van der Waals surface area contributed by atoms with Gasteiger partial charge in [-0.2, -0.15) is 0 Å². The van der Waals surface area contributed by atoms with Gasteiger partial charge in [0.1, 0.15) is 0 Å². The van der Waals surface area contributed by atoms with Crippen LogP contribution in [0, 0.1) is 6.07 Å².